The summed E-state index contributed by atoms with van der Waals surface area (Å²) < 4.78 is 0. The van der Waals surface area contributed by atoms with Crippen LogP contribution in [0.25, 0.3) is 0 Å². The molecule has 0 aromatic heterocycles. The van der Waals surface area contributed by atoms with Gasteiger partial charge in [-0.3, -0.25) is 4.70 Å². The summed E-state index contributed by atoms with van der Waals surface area (Å²) in [6.07, 6.45) is 0. The number of halogens is 1. The summed E-state index contributed by atoms with van der Waals surface area (Å²) in [6.45, 7) is 0. The van der Waals surface area contributed by atoms with E-state index in [1.165, 1.54) is 0 Å². The summed E-state index contributed by atoms with van der Waals surface area (Å²) in [7, 11) is 0. The van der Waals surface area contributed by atoms with Gasteiger partial charge in [0.05, 0.1) is 0 Å². The normalized spacial score (nSPS) is 0. The van der Waals surface area contributed by atoms with Crippen molar-refractivity contribution >= 4 is 75.1 Å². The van der Waals surface area contributed by atoms with E-state index in [-0.39, 0.29) is 88.1 Å². The van der Waals surface area contributed by atoms with Crippen molar-refractivity contribution in [3.63, 3.8) is 0 Å². The van der Waals surface area contributed by atoms with Gasteiger partial charge in [0.25, 0.3) is 0 Å². The van der Waals surface area contributed by atoms with Gasteiger partial charge >= 0.3 is 75.1 Å². The minimum atomic E-state index is 0. The molecule has 0 aromatic carbocycles. The maximum absolute atomic E-state index is 0. The number of hydrogen-bond donors (Lipinski definition) is 0. The van der Waals surface area contributed by atoms with E-state index in [0.29, 0.717) is 0 Å². The first-order valence-electron chi connectivity index (χ1n) is 0. The fraction of sp³-hybridized carbons (Fsp3) is 0. The van der Waals surface area contributed by atoms with Crippen LogP contribution in [0.5, 0.6) is 0 Å². The largest absolute Gasteiger partial charge is 1.00 e. The second-order valence-electron chi connectivity index (χ2n) is 0. The summed E-state index contributed by atoms with van der Waals surface area (Å²) in [5, 5.41) is 0. The second kappa shape index (κ2) is 18.4. The smallest absolute Gasteiger partial charge is 1.00 e. The Labute approximate surface area is 86.4 Å². The number of rotatable bonds is 0. The predicted molar refractivity (Wildman–Crippen MR) is 24.0 cm³/mol. The van der Waals surface area contributed by atoms with Crippen molar-refractivity contribution in [2.24, 2.45) is 0 Å². The molecule has 28 valence electrons. The Morgan fingerprint density at radius 3 is 1.25 bits per heavy atom. The zero-order chi connectivity index (χ0) is 0. The summed E-state index contributed by atoms with van der Waals surface area (Å²) >= 11 is 0. The predicted octanol–water partition coefficient (Wildman–Crippen LogP) is -2.01. The van der Waals surface area contributed by atoms with Crippen LogP contribution in [0.1, 0.15) is 2.85 Å². The molecule has 4 heteroatoms. The van der Waals surface area contributed by atoms with Gasteiger partial charge in [-0.25, -0.2) is 0 Å². The average Bonchev–Trinajstić information content (AvgIpc) is 0. The molecule has 0 aliphatic carbocycles. The zero-order valence-electron chi connectivity index (χ0n) is 4.32. The molecule has 0 aliphatic rings. The van der Waals surface area contributed by atoms with Gasteiger partial charge in [-0.05, 0) is 0 Å². The van der Waals surface area contributed by atoms with Crippen LogP contribution in [0, 0.1) is 0 Å². The monoisotopic (exact) mass is 390 g/mol. The van der Waals surface area contributed by atoms with Crippen molar-refractivity contribution in [3.8, 4) is 0 Å². The third-order valence-electron chi connectivity index (χ3n) is 0. The molecule has 0 heterocycles. The van der Waals surface area contributed by atoms with E-state index in [9.17, 15) is 0 Å². The van der Waals surface area contributed by atoms with Crippen molar-refractivity contribution < 1.29 is 13.0 Å². The van der Waals surface area contributed by atoms with Gasteiger partial charge in [-0.15, -0.1) is 0 Å². The van der Waals surface area contributed by atoms with Gasteiger partial charge in [0.2, 0.25) is 0 Å². The second-order valence-corrected chi connectivity index (χ2v) is 0. The first-order valence-corrected chi connectivity index (χ1v) is 0. The molecule has 0 bridgehead atoms. The molecule has 0 saturated carbocycles. The van der Waals surface area contributed by atoms with Crippen LogP contribution in [0.4, 0.5) is 4.70 Å². The fourth-order valence-electron chi connectivity index (χ4n) is 0. The van der Waals surface area contributed by atoms with E-state index in [1.54, 1.807) is 0 Å². The Morgan fingerprint density at radius 1 is 1.25 bits per heavy atom. The van der Waals surface area contributed by atoms with Crippen LogP contribution < -0.4 is 0 Å². The molecule has 0 fully saturated rings. The van der Waals surface area contributed by atoms with E-state index < -0.39 is 0 Å². The summed E-state index contributed by atoms with van der Waals surface area (Å²) in [5.41, 5.74) is 0. The van der Waals surface area contributed by atoms with Gasteiger partial charge in [0.1, 0.15) is 0 Å². The van der Waals surface area contributed by atoms with Crippen LogP contribution in [0.2, 0.25) is 0 Å². The fourth-order valence-corrected chi connectivity index (χ4v) is 0. The Hall–Kier alpha value is 2.34. The minimum absolute atomic E-state index is 0. The Kier molecular flexibility index (Phi) is 151. The van der Waals surface area contributed by atoms with Crippen molar-refractivity contribution in [1.29, 1.82) is 0 Å². The van der Waals surface area contributed by atoms with Crippen molar-refractivity contribution in [2.45, 2.75) is 0 Å². The van der Waals surface area contributed by atoms with Gasteiger partial charge in [0, 0.05) is 0 Å². The Morgan fingerprint density at radius 2 is 1.25 bits per heavy atom. The first-order chi connectivity index (χ1) is 0. The third-order valence-corrected chi connectivity index (χ3v) is 0. The van der Waals surface area contributed by atoms with Gasteiger partial charge in [-0.2, -0.15) is 0 Å². The van der Waals surface area contributed by atoms with Crippen molar-refractivity contribution in [2.75, 3.05) is 0 Å². The first kappa shape index (κ1) is 33.0. The quantitative estimate of drug-likeness (QED) is 0.429. The molecule has 1 nitrogen and oxygen atoms in total. The Balaban J connectivity index is 0. The molecule has 0 amide bonds. The van der Waals surface area contributed by atoms with Gasteiger partial charge < -0.3 is 8.33 Å². The minimum Gasteiger partial charge on any atom is -1.00 e. The molecule has 0 radical (unpaired) electrons. The number of hydrogen-bond acceptors (Lipinski definition) is 0. The van der Waals surface area contributed by atoms with Crippen LogP contribution in [-0.4, -0.2) is 80.6 Å². The third kappa shape index (κ3) is 8.84. The van der Waals surface area contributed by atoms with E-state index >= 15 is 0 Å². The van der Waals surface area contributed by atoms with E-state index in [2.05, 4.69) is 0 Å². The van der Waals surface area contributed by atoms with E-state index in [1.807, 2.05) is 0 Å². The van der Waals surface area contributed by atoms with Crippen LogP contribution in [0.3, 0.4) is 0 Å². The average molecular weight is 389 g/mol. The standard InChI is InChI=1S/Ba.Bi.FH.H2O.5H/h;;1H;1H2;;;;;/q+2;;;;;;;2*-1. The Bertz CT molecular complexity index is 13.5. The van der Waals surface area contributed by atoms with Crippen LogP contribution in [-0.2, 0) is 0 Å². The maximum Gasteiger partial charge on any atom is -1.00 e. The van der Waals surface area contributed by atoms with Crippen LogP contribution in [0.15, 0.2) is 0 Å². The van der Waals surface area contributed by atoms with Gasteiger partial charge in [-0.1, -0.05) is 0 Å². The SMILES string of the molecule is F.O.[Ba+2].[BiH3].[H-].[H-]. The molecule has 2 N–H and O–H groups in total. The van der Waals surface area contributed by atoms with E-state index in [0.717, 1.165) is 0 Å². The molecule has 0 aliphatic heterocycles. The molecule has 0 saturated heterocycles. The molecular formula is H8BaBiFO. The zero-order valence-corrected chi connectivity index (χ0v) is 12.3. The van der Waals surface area contributed by atoms with E-state index in [4.69, 9.17) is 0 Å². The van der Waals surface area contributed by atoms with Crippen molar-refractivity contribution in [1.82, 2.24) is 0 Å². The van der Waals surface area contributed by atoms with Crippen molar-refractivity contribution in [3.05, 3.63) is 0 Å². The maximum atomic E-state index is 0. The molecular weight excluding hydrogens is 381 g/mol. The van der Waals surface area contributed by atoms with Gasteiger partial charge in [0.15, 0.2) is 0 Å². The summed E-state index contributed by atoms with van der Waals surface area (Å²) in [4.78, 5) is 0. The van der Waals surface area contributed by atoms with Crippen LogP contribution >= 0.6 is 0 Å². The molecule has 0 unspecified atom stereocenters. The summed E-state index contributed by atoms with van der Waals surface area (Å²) in [5.74, 6) is 0. The molecule has 0 aromatic rings. The molecule has 0 atom stereocenters. The molecule has 0 spiro atoms. The summed E-state index contributed by atoms with van der Waals surface area (Å²) in [6, 6.07) is 0. The molecule has 4 heavy (non-hydrogen) atoms. The topological polar surface area (TPSA) is 31.5 Å². The molecule has 0 rings (SSSR count).